The predicted molar refractivity (Wildman–Crippen MR) is 159 cm³/mol. The molecule has 2 aliphatic rings. The zero-order valence-corrected chi connectivity index (χ0v) is 24.7. The van der Waals surface area contributed by atoms with Crippen LogP contribution in [0.3, 0.4) is 0 Å². The topological polar surface area (TPSA) is 87.8 Å². The summed E-state index contributed by atoms with van der Waals surface area (Å²) in [6.45, 7) is 9.92. The van der Waals surface area contributed by atoms with Crippen LogP contribution in [0.25, 0.3) is 6.08 Å². The van der Waals surface area contributed by atoms with Gasteiger partial charge in [0.15, 0.2) is 0 Å². The molecule has 2 aliphatic heterocycles. The Bertz CT molecular complexity index is 1380. The largest absolute Gasteiger partial charge is 0.497 e. The minimum absolute atomic E-state index is 0.0288. The van der Waals surface area contributed by atoms with Gasteiger partial charge in [0.05, 0.1) is 24.2 Å². The average molecular weight is 567 g/mol. The molecule has 10 heteroatoms. The van der Waals surface area contributed by atoms with E-state index in [1.165, 1.54) is 11.8 Å². The fourth-order valence-corrected chi connectivity index (χ4v) is 6.41. The smallest absolute Gasteiger partial charge is 0.270 e. The number of thioether (sulfide) groups is 1. The van der Waals surface area contributed by atoms with Crippen molar-refractivity contribution in [2.24, 2.45) is 0 Å². The van der Waals surface area contributed by atoms with E-state index in [0.29, 0.717) is 53.0 Å². The van der Waals surface area contributed by atoms with E-state index in [1.807, 2.05) is 51.1 Å². The SMILES string of the molecule is CCCn1c(N2CC(C)OC(C)C2)c(/C=C2/SC(=S)N(CCc3ccc(OC)cc3)C2=O)c(C)c(C#N)c1=O. The quantitative estimate of drug-likeness (QED) is 0.341. The van der Waals surface area contributed by atoms with Gasteiger partial charge < -0.3 is 14.4 Å². The summed E-state index contributed by atoms with van der Waals surface area (Å²) < 4.78 is 13.4. The Kier molecular flexibility index (Phi) is 9.15. The number of methoxy groups -OCH3 is 1. The highest BCUT2D eigenvalue weighted by Crippen LogP contribution is 2.36. The Balaban J connectivity index is 1.73. The van der Waals surface area contributed by atoms with Crippen molar-refractivity contribution in [2.75, 3.05) is 31.6 Å². The molecule has 8 nitrogen and oxygen atoms in total. The monoisotopic (exact) mass is 566 g/mol. The number of pyridine rings is 1. The Morgan fingerprint density at radius 3 is 2.44 bits per heavy atom. The van der Waals surface area contributed by atoms with Crippen molar-refractivity contribution < 1.29 is 14.3 Å². The number of thiocarbonyl (C=S) groups is 1. The van der Waals surface area contributed by atoms with Gasteiger partial charge >= 0.3 is 0 Å². The lowest BCUT2D eigenvalue weighted by Gasteiger charge is -2.39. The molecular weight excluding hydrogens is 532 g/mol. The molecule has 3 heterocycles. The van der Waals surface area contributed by atoms with Gasteiger partial charge in [0.25, 0.3) is 11.5 Å². The maximum absolute atomic E-state index is 13.5. The molecule has 0 bridgehead atoms. The van der Waals surface area contributed by atoms with Crippen LogP contribution in [0.4, 0.5) is 5.82 Å². The molecule has 0 spiro atoms. The van der Waals surface area contributed by atoms with E-state index in [2.05, 4.69) is 11.0 Å². The van der Waals surface area contributed by atoms with Gasteiger partial charge in [-0.15, -0.1) is 0 Å². The van der Waals surface area contributed by atoms with Gasteiger partial charge in [-0.25, -0.2) is 0 Å². The summed E-state index contributed by atoms with van der Waals surface area (Å²) in [5.74, 6) is 1.34. The van der Waals surface area contributed by atoms with Crippen LogP contribution in [0.1, 0.15) is 49.4 Å². The van der Waals surface area contributed by atoms with Crippen molar-refractivity contribution in [3.63, 3.8) is 0 Å². The number of nitriles is 1. The fourth-order valence-electron chi connectivity index (χ4n) is 5.12. The summed E-state index contributed by atoms with van der Waals surface area (Å²) >= 11 is 6.85. The van der Waals surface area contributed by atoms with Crippen molar-refractivity contribution in [3.8, 4) is 11.8 Å². The molecule has 1 amide bonds. The van der Waals surface area contributed by atoms with Crippen LogP contribution in [0.2, 0.25) is 0 Å². The van der Waals surface area contributed by atoms with E-state index >= 15 is 0 Å². The second kappa shape index (κ2) is 12.4. The number of carbonyl (C=O) groups is 1. The fraction of sp³-hybridized carbons (Fsp3) is 0.448. The van der Waals surface area contributed by atoms with Crippen molar-refractivity contribution >= 4 is 46.1 Å². The van der Waals surface area contributed by atoms with E-state index in [-0.39, 0.29) is 29.2 Å². The van der Waals surface area contributed by atoms with Gasteiger partial charge in [-0.1, -0.05) is 43.0 Å². The van der Waals surface area contributed by atoms with Crippen molar-refractivity contribution in [1.29, 1.82) is 5.26 Å². The zero-order valence-electron chi connectivity index (χ0n) is 23.0. The Morgan fingerprint density at radius 2 is 1.85 bits per heavy atom. The van der Waals surface area contributed by atoms with Crippen molar-refractivity contribution in [2.45, 2.75) is 59.3 Å². The maximum atomic E-state index is 13.5. The Morgan fingerprint density at radius 1 is 1.18 bits per heavy atom. The maximum Gasteiger partial charge on any atom is 0.270 e. The molecule has 0 radical (unpaired) electrons. The molecular formula is C29H34N4O4S2. The van der Waals surface area contributed by atoms with Gasteiger partial charge in [-0.2, -0.15) is 5.26 Å². The number of nitrogens with zero attached hydrogens (tertiary/aromatic N) is 4. The van der Waals surface area contributed by atoms with Gasteiger partial charge in [0.1, 0.15) is 27.5 Å². The first-order valence-corrected chi connectivity index (χ1v) is 14.4. The third-order valence-corrected chi connectivity index (χ3v) is 8.32. The van der Waals surface area contributed by atoms with Crippen LogP contribution in [0.15, 0.2) is 34.0 Å². The summed E-state index contributed by atoms with van der Waals surface area (Å²) in [6, 6.07) is 9.86. The van der Waals surface area contributed by atoms with Crippen LogP contribution in [0, 0.1) is 18.3 Å². The summed E-state index contributed by atoms with van der Waals surface area (Å²) in [5.41, 5.74) is 2.15. The lowest BCUT2D eigenvalue weighted by molar-refractivity contribution is -0.122. The van der Waals surface area contributed by atoms with E-state index in [0.717, 1.165) is 23.6 Å². The van der Waals surface area contributed by atoms with Crippen LogP contribution in [-0.2, 0) is 22.5 Å². The molecule has 1 aromatic heterocycles. The summed E-state index contributed by atoms with van der Waals surface area (Å²) in [6.07, 6.45) is 3.13. The van der Waals surface area contributed by atoms with E-state index in [1.54, 1.807) is 23.5 Å². The molecule has 2 fully saturated rings. The second-order valence-electron chi connectivity index (χ2n) is 9.90. The average Bonchev–Trinajstić information content (AvgIpc) is 3.17. The highest BCUT2D eigenvalue weighted by atomic mass is 32.2. The van der Waals surface area contributed by atoms with Crippen LogP contribution >= 0.6 is 24.0 Å². The van der Waals surface area contributed by atoms with Crippen molar-refractivity contribution in [1.82, 2.24) is 9.47 Å². The molecule has 4 rings (SSSR count). The predicted octanol–water partition coefficient (Wildman–Crippen LogP) is 4.50. The molecule has 39 heavy (non-hydrogen) atoms. The van der Waals surface area contributed by atoms with E-state index < -0.39 is 0 Å². The number of morpholine rings is 1. The summed E-state index contributed by atoms with van der Waals surface area (Å²) in [7, 11) is 1.63. The third kappa shape index (κ3) is 6.06. The number of benzene rings is 1. The molecule has 2 unspecified atom stereocenters. The summed E-state index contributed by atoms with van der Waals surface area (Å²) in [5, 5.41) is 9.88. The van der Waals surface area contributed by atoms with E-state index in [4.69, 9.17) is 21.7 Å². The van der Waals surface area contributed by atoms with Gasteiger partial charge in [0, 0.05) is 31.7 Å². The van der Waals surface area contributed by atoms with Crippen molar-refractivity contribution in [3.05, 3.63) is 61.8 Å². The number of hydrogen-bond donors (Lipinski definition) is 0. The second-order valence-corrected chi connectivity index (χ2v) is 11.6. The molecule has 2 saturated heterocycles. The van der Waals surface area contributed by atoms with Crippen LogP contribution in [-0.4, -0.2) is 58.6 Å². The number of amides is 1. The molecule has 1 aromatic carbocycles. The van der Waals surface area contributed by atoms with Crippen LogP contribution in [0.5, 0.6) is 5.75 Å². The Hall–Kier alpha value is -3.13. The zero-order chi connectivity index (χ0) is 28.3. The molecule has 0 N–H and O–H groups in total. The first kappa shape index (κ1) is 28.9. The molecule has 0 saturated carbocycles. The third-order valence-electron chi connectivity index (χ3n) is 6.94. The normalized spacial score (nSPS) is 20.6. The highest BCUT2D eigenvalue weighted by molar-refractivity contribution is 8.26. The molecule has 2 aromatic rings. The number of carbonyl (C=O) groups excluding carboxylic acids is 1. The van der Waals surface area contributed by atoms with Gasteiger partial charge in [-0.3, -0.25) is 19.1 Å². The van der Waals surface area contributed by atoms with Gasteiger partial charge in [0.2, 0.25) is 0 Å². The highest BCUT2D eigenvalue weighted by Gasteiger charge is 2.34. The number of hydrogen-bond acceptors (Lipinski definition) is 8. The number of ether oxygens (including phenoxy) is 2. The summed E-state index contributed by atoms with van der Waals surface area (Å²) in [4.78, 5) is 31.2. The number of aromatic nitrogens is 1. The molecule has 2 atom stereocenters. The minimum atomic E-state index is -0.303. The first-order chi connectivity index (χ1) is 18.7. The Labute approximate surface area is 239 Å². The van der Waals surface area contributed by atoms with E-state index in [9.17, 15) is 14.9 Å². The lowest BCUT2D eigenvalue weighted by Crippen LogP contribution is -2.48. The minimum Gasteiger partial charge on any atom is -0.497 e. The molecule has 206 valence electrons. The van der Waals surface area contributed by atoms with Gasteiger partial charge in [-0.05, 0) is 62.9 Å². The first-order valence-electron chi connectivity index (χ1n) is 13.1. The number of anilines is 1. The standard InChI is InChI=1S/C29H34N4O4S2/c1-6-12-32-26(31-16-18(2)37-19(3)17-31)23(20(4)24(15-30)27(32)34)14-25-28(35)33(29(38)39-25)13-11-21-7-9-22(36-5)10-8-21/h7-10,14,18-19H,6,11-13,16-17H2,1-5H3/b25-14+. The number of rotatable bonds is 8. The van der Waals surface area contributed by atoms with Crippen LogP contribution < -0.4 is 15.2 Å². The lowest BCUT2D eigenvalue weighted by atomic mass is 10.0. The molecule has 0 aliphatic carbocycles.